The minimum absolute atomic E-state index is 0.0207. The summed E-state index contributed by atoms with van der Waals surface area (Å²) in [6.07, 6.45) is 1.43. The van der Waals surface area contributed by atoms with Gasteiger partial charge in [0.15, 0.2) is 0 Å². The number of benzene rings is 2. The Hall–Kier alpha value is -3.52. The van der Waals surface area contributed by atoms with Crippen LogP contribution in [0.1, 0.15) is 22.8 Å². The number of amides is 1. The number of hydrogen-bond donors (Lipinski definition) is 1. The Morgan fingerprint density at radius 3 is 2.70 bits per heavy atom. The number of halogens is 1. The molecule has 0 saturated heterocycles. The fourth-order valence-corrected chi connectivity index (χ4v) is 2.71. The van der Waals surface area contributed by atoms with Crippen LogP contribution < -0.4 is 5.01 Å². The summed E-state index contributed by atoms with van der Waals surface area (Å²) in [5, 5.41) is 25.5. The zero-order valence-electron chi connectivity index (χ0n) is 13.9. The lowest BCUT2D eigenvalue weighted by atomic mass is 10.1. The van der Waals surface area contributed by atoms with E-state index in [0.29, 0.717) is 17.0 Å². The molecule has 1 N–H and O–H groups in total. The van der Waals surface area contributed by atoms with Crippen LogP contribution >= 0.6 is 11.6 Å². The van der Waals surface area contributed by atoms with E-state index in [4.69, 9.17) is 16.7 Å². The molecule has 2 aromatic carbocycles. The van der Waals surface area contributed by atoms with Gasteiger partial charge in [-0.3, -0.25) is 14.9 Å². The summed E-state index contributed by atoms with van der Waals surface area (Å²) >= 11 is 6.09. The fraction of sp³-hybridized carbons (Fsp3) is 0.0556. The van der Waals surface area contributed by atoms with Crippen LogP contribution in [-0.4, -0.2) is 27.6 Å². The molecular formula is C18H12ClN3O5. The number of carboxylic acids is 1. The number of carbonyl (C=O) groups is 2. The molecule has 2 aromatic rings. The quantitative estimate of drug-likeness (QED) is 0.489. The van der Waals surface area contributed by atoms with Crippen molar-refractivity contribution < 1.29 is 19.6 Å². The van der Waals surface area contributed by atoms with E-state index < -0.39 is 16.8 Å². The number of non-ortho nitro benzene ring substituents is 1. The Morgan fingerprint density at radius 2 is 2.04 bits per heavy atom. The summed E-state index contributed by atoms with van der Waals surface area (Å²) in [6.45, 7) is 1.61. The lowest BCUT2D eigenvalue weighted by Crippen LogP contribution is -2.21. The van der Waals surface area contributed by atoms with Gasteiger partial charge in [0.1, 0.15) is 0 Å². The van der Waals surface area contributed by atoms with Gasteiger partial charge in [-0.2, -0.15) is 10.1 Å². The summed E-state index contributed by atoms with van der Waals surface area (Å²) < 4.78 is 0. The molecule has 0 aromatic heterocycles. The van der Waals surface area contributed by atoms with Crippen LogP contribution in [0.25, 0.3) is 6.08 Å². The van der Waals surface area contributed by atoms with E-state index in [1.54, 1.807) is 13.0 Å². The predicted octanol–water partition coefficient (Wildman–Crippen LogP) is 3.75. The van der Waals surface area contributed by atoms with Gasteiger partial charge in [0.2, 0.25) is 0 Å². The lowest BCUT2D eigenvalue weighted by molar-refractivity contribution is -0.384. The molecule has 1 amide bonds. The highest BCUT2D eigenvalue weighted by atomic mass is 35.5. The van der Waals surface area contributed by atoms with Crippen LogP contribution in [-0.2, 0) is 4.79 Å². The lowest BCUT2D eigenvalue weighted by Gasteiger charge is -2.12. The number of anilines is 1. The molecule has 0 atom stereocenters. The molecule has 1 aliphatic heterocycles. The van der Waals surface area contributed by atoms with Crippen molar-refractivity contribution >= 4 is 46.6 Å². The van der Waals surface area contributed by atoms with Gasteiger partial charge in [0.25, 0.3) is 11.6 Å². The standard InChI is InChI=1S/C18H12ClN3O5/c1-10-15(9-12-8-14(22(26)27)5-6-16(12)19)17(23)21(20-10)13-4-2-3-11(7-13)18(24)25/h2-9H,1H3,(H,24,25)/b15-9-. The average Bonchev–Trinajstić information content (AvgIpc) is 2.91. The third kappa shape index (κ3) is 3.56. The van der Waals surface area contributed by atoms with E-state index in [-0.39, 0.29) is 21.8 Å². The number of carboxylic acid groups (broad SMARTS) is 1. The summed E-state index contributed by atoms with van der Waals surface area (Å²) in [5.41, 5.74) is 1.06. The van der Waals surface area contributed by atoms with Crippen LogP contribution in [0.3, 0.4) is 0 Å². The molecule has 0 saturated carbocycles. The summed E-state index contributed by atoms with van der Waals surface area (Å²) in [7, 11) is 0. The van der Waals surface area contributed by atoms with E-state index in [1.807, 2.05) is 0 Å². The van der Waals surface area contributed by atoms with E-state index in [0.717, 1.165) is 5.01 Å². The second-order valence-electron chi connectivity index (χ2n) is 5.68. The van der Waals surface area contributed by atoms with Gasteiger partial charge in [-0.15, -0.1) is 0 Å². The smallest absolute Gasteiger partial charge is 0.335 e. The molecule has 27 heavy (non-hydrogen) atoms. The van der Waals surface area contributed by atoms with Gasteiger partial charge < -0.3 is 5.11 Å². The van der Waals surface area contributed by atoms with E-state index in [9.17, 15) is 19.7 Å². The highest BCUT2D eigenvalue weighted by Gasteiger charge is 2.29. The molecular weight excluding hydrogens is 374 g/mol. The zero-order chi connectivity index (χ0) is 19.7. The van der Waals surface area contributed by atoms with Gasteiger partial charge in [-0.25, -0.2) is 4.79 Å². The average molecular weight is 386 g/mol. The van der Waals surface area contributed by atoms with E-state index in [2.05, 4.69) is 5.10 Å². The van der Waals surface area contributed by atoms with Gasteiger partial charge in [0, 0.05) is 22.7 Å². The highest BCUT2D eigenvalue weighted by Crippen LogP contribution is 2.29. The number of hydrazone groups is 1. The van der Waals surface area contributed by atoms with Crippen LogP contribution in [0.15, 0.2) is 53.1 Å². The van der Waals surface area contributed by atoms with Gasteiger partial charge >= 0.3 is 5.97 Å². The second-order valence-corrected chi connectivity index (χ2v) is 6.09. The van der Waals surface area contributed by atoms with E-state index >= 15 is 0 Å². The highest BCUT2D eigenvalue weighted by molar-refractivity contribution is 6.35. The van der Waals surface area contributed by atoms with Crippen LogP contribution in [0, 0.1) is 10.1 Å². The Balaban J connectivity index is 2.00. The first-order chi connectivity index (χ1) is 12.8. The van der Waals surface area contributed by atoms with Crippen LogP contribution in [0.2, 0.25) is 5.02 Å². The van der Waals surface area contributed by atoms with Crippen molar-refractivity contribution in [3.8, 4) is 0 Å². The first-order valence-electron chi connectivity index (χ1n) is 7.67. The fourth-order valence-electron chi connectivity index (χ4n) is 2.54. The Morgan fingerprint density at radius 1 is 1.30 bits per heavy atom. The summed E-state index contributed by atoms with van der Waals surface area (Å²) in [4.78, 5) is 34.3. The first kappa shape index (κ1) is 18.3. The van der Waals surface area contributed by atoms with Gasteiger partial charge in [-0.1, -0.05) is 17.7 Å². The number of aromatic carboxylic acids is 1. The number of nitro benzene ring substituents is 1. The van der Waals surface area contributed by atoms with Crippen molar-refractivity contribution in [3.63, 3.8) is 0 Å². The van der Waals surface area contributed by atoms with Gasteiger partial charge in [-0.05, 0) is 37.3 Å². The van der Waals surface area contributed by atoms with Crippen molar-refractivity contribution in [1.29, 1.82) is 0 Å². The maximum Gasteiger partial charge on any atom is 0.335 e. The number of nitrogens with zero attached hydrogens (tertiary/aromatic N) is 3. The first-order valence-corrected chi connectivity index (χ1v) is 8.05. The Kier molecular flexibility index (Phi) is 4.74. The number of hydrogen-bond acceptors (Lipinski definition) is 5. The monoisotopic (exact) mass is 385 g/mol. The zero-order valence-corrected chi connectivity index (χ0v) is 14.7. The molecule has 1 aliphatic rings. The van der Waals surface area contributed by atoms with Crippen LogP contribution in [0.5, 0.6) is 0 Å². The molecule has 3 rings (SSSR count). The second kappa shape index (κ2) is 7.00. The minimum Gasteiger partial charge on any atom is -0.478 e. The van der Waals surface area contributed by atoms with Crippen molar-refractivity contribution in [3.05, 3.63) is 74.3 Å². The third-order valence-electron chi connectivity index (χ3n) is 3.89. The topological polar surface area (TPSA) is 113 Å². The molecule has 0 aliphatic carbocycles. The SMILES string of the molecule is CC1=NN(c2cccc(C(=O)O)c2)C(=O)/C1=C\c1cc([N+](=O)[O-])ccc1Cl. The van der Waals surface area contributed by atoms with Crippen molar-refractivity contribution in [2.75, 3.05) is 5.01 Å². The summed E-state index contributed by atoms with van der Waals surface area (Å²) in [6, 6.07) is 9.73. The molecule has 136 valence electrons. The van der Waals surface area contributed by atoms with Crippen molar-refractivity contribution in [1.82, 2.24) is 0 Å². The van der Waals surface area contributed by atoms with Gasteiger partial charge in [0.05, 0.1) is 27.5 Å². The molecule has 9 heteroatoms. The van der Waals surface area contributed by atoms with Crippen molar-refractivity contribution in [2.24, 2.45) is 5.10 Å². The Bertz CT molecular complexity index is 1050. The molecule has 0 radical (unpaired) electrons. The molecule has 8 nitrogen and oxygen atoms in total. The van der Waals surface area contributed by atoms with Crippen molar-refractivity contribution in [2.45, 2.75) is 6.92 Å². The Labute approximate surface area is 158 Å². The largest absolute Gasteiger partial charge is 0.478 e. The van der Waals surface area contributed by atoms with E-state index in [1.165, 1.54) is 42.5 Å². The summed E-state index contributed by atoms with van der Waals surface area (Å²) in [5.74, 6) is -1.61. The molecule has 0 unspecified atom stereocenters. The normalized spacial score (nSPS) is 15.2. The van der Waals surface area contributed by atoms with Crippen LogP contribution in [0.4, 0.5) is 11.4 Å². The molecule has 0 spiro atoms. The maximum atomic E-state index is 12.8. The molecule has 1 heterocycles. The molecule has 0 bridgehead atoms. The number of carbonyl (C=O) groups excluding carboxylic acids is 1. The predicted molar refractivity (Wildman–Crippen MR) is 100 cm³/mol. The third-order valence-corrected chi connectivity index (χ3v) is 4.23. The number of nitro groups is 1. The number of rotatable bonds is 4. The molecule has 0 fully saturated rings. The minimum atomic E-state index is -1.12. The maximum absolute atomic E-state index is 12.8.